The van der Waals surface area contributed by atoms with Crippen molar-refractivity contribution >= 4 is 22.4 Å². The Balaban J connectivity index is 1.88. The predicted molar refractivity (Wildman–Crippen MR) is 82.3 cm³/mol. The van der Waals surface area contributed by atoms with Crippen LogP contribution in [-0.4, -0.2) is 28.9 Å². The van der Waals surface area contributed by atoms with Gasteiger partial charge in [-0.05, 0) is 30.2 Å². The van der Waals surface area contributed by atoms with E-state index in [1.807, 2.05) is 24.9 Å². The van der Waals surface area contributed by atoms with Crippen molar-refractivity contribution in [2.24, 2.45) is 5.92 Å². The van der Waals surface area contributed by atoms with E-state index >= 15 is 0 Å². The number of H-pyrrole nitrogens is 1. The van der Waals surface area contributed by atoms with Gasteiger partial charge in [-0.25, -0.2) is 4.39 Å². The fourth-order valence-corrected chi connectivity index (χ4v) is 2.84. The van der Waals surface area contributed by atoms with Crippen molar-refractivity contribution in [1.29, 1.82) is 0 Å². The van der Waals surface area contributed by atoms with Gasteiger partial charge >= 0.3 is 0 Å². The monoisotopic (exact) mass is 286 g/mol. The van der Waals surface area contributed by atoms with E-state index in [1.165, 1.54) is 11.6 Å². The van der Waals surface area contributed by atoms with Gasteiger partial charge in [-0.3, -0.25) is 4.79 Å². The lowest BCUT2D eigenvalue weighted by Crippen LogP contribution is -2.37. The number of hydrogen-bond donors (Lipinski definition) is 1. The topological polar surface area (TPSA) is 36.1 Å². The van der Waals surface area contributed by atoms with Gasteiger partial charge in [0, 0.05) is 41.7 Å². The van der Waals surface area contributed by atoms with E-state index < -0.39 is 0 Å². The summed E-state index contributed by atoms with van der Waals surface area (Å²) < 4.78 is 13.4. The first-order chi connectivity index (χ1) is 10.1. The molecule has 0 fully saturated rings. The van der Waals surface area contributed by atoms with Gasteiger partial charge in [0.15, 0.2) is 0 Å². The zero-order valence-corrected chi connectivity index (χ0v) is 12.3. The maximum absolute atomic E-state index is 13.4. The van der Waals surface area contributed by atoms with Crippen LogP contribution in [0.25, 0.3) is 16.5 Å². The van der Waals surface area contributed by atoms with E-state index in [1.54, 1.807) is 12.1 Å². The van der Waals surface area contributed by atoms with Crippen molar-refractivity contribution in [3.05, 3.63) is 41.9 Å². The molecule has 1 amide bonds. The molecule has 1 aromatic carbocycles. The number of amides is 1. The van der Waals surface area contributed by atoms with Gasteiger partial charge in [-0.15, -0.1) is 0 Å². The molecule has 110 valence electrons. The molecule has 2 aromatic rings. The molecule has 1 aliphatic rings. The second-order valence-corrected chi connectivity index (χ2v) is 5.81. The zero-order chi connectivity index (χ0) is 15.0. The van der Waals surface area contributed by atoms with Gasteiger partial charge in [0.1, 0.15) is 5.82 Å². The van der Waals surface area contributed by atoms with Crippen molar-refractivity contribution in [3.8, 4) is 0 Å². The Morgan fingerprint density at radius 2 is 2.19 bits per heavy atom. The predicted octanol–water partition coefficient (Wildman–Crippen LogP) is 3.58. The normalized spacial score (nSPS) is 15.6. The largest absolute Gasteiger partial charge is 0.361 e. The van der Waals surface area contributed by atoms with Gasteiger partial charge in [0.25, 0.3) is 0 Å². The van der Waals surface area contributed by atoms with Crippen LogP contribution < -0.4 is 0 Å². The van der Waals surface area contributed by atoms with Crippen molar-refractivity contribution in [3.63, 3.8) is 0 Å². The molecule has 1 N–H and O–H groups in total. The number of rotatable bonds is 2. The molecule has 0 spiro atoms. The third-order valence-electron chi connectivity index (χ3n) is 4.00. The number of nitrogens with one attached hydrogen (secondary N) is 1. The number of carbonyl (C=O) groups is 1. The molecule has 1 aromatic heterocycles. The van der Waals surface area contributed by atoms with Gasteiger partial charge in [-0.1, -0.05) is 19.9 Å². The number of hydrogen-bond acceptors (Lipinski definition) is 1. The summed E-state index contributed by atoms with van der Waals surface area (Å²) in [7, 11) is 0. The summed E-state index contributed by atoms with van der Waals surface area (Å²) in [6.07, 6.45) is 4.81. The second-order valence-electron chi connectivity index (χ2n) is 5.81. The van der Waals surface area contributed by atoms with E-state index in [0.29, 0.717) is 6.54 Å². The summed E-state index contributed by atoms with van der Waals surface area (Å²) in [5, 5.41) is 0.907. The molecule has 1 aliphatic heterocycles. The molecule has 0 saturated heterocycles. The Bertz CT molecular complexity index is 715. The molecule has 0 atom stereocenters. The minimum atomic E-state index is -0.226. The molecule has 0 radical (unpaired) electrons. The third kappa shape index (κ3) is 2.58. The highest BCUT2D eigenvalue weighted by molar-refractivity contribution is 5.93. The van der Waals surface area contributed by atoms with E-state index in [2.05, 4.69) is 11.1 Å². The number of aromatic amines is 1. The molecule has 3 nitrogen and oxygen atoms in total. The average Bonchev–Trinajstić information content (AvgIpc) is 2.89. The number of nitrogens with zero attached hydrogens (tertiary/aromatic N) is 1. The van der Waals surface area contributed by atoms with E-state index in [0.717, 1.165) is 29.4 Å². The van der Waals surface area contributed by atoms with E-state index in [-0.39, 0.29) is 17.6 Å². The van der Waals surface area contributed by atoms with Crippen LogP contribution in [0.5, 0.6) is 0 Å². The maximum Gasteiger partial charge on any atom is 0.225 e. The van der Waals surface area contributed by atoms with Crippen molar-refractivity contribution in [2.45, 2.75) is 20.3 Å². The molecule has 0 saturated carbocycles. The van der Waals surface area contributed by atoms with Crippen molar-refractivity contribution < 1.29 is 9.18 Å². The smallest absolute Gasteiger partial charge is 0.225 e. The van der Waals surface area contributed by atoms with Gasteiger partial charge < -0.3 is 9.88 Å². The molecular formula is C17H19FN2O. The first kappa shape index (κ1) is 13.9. The van der Waals surface area contributed by atoms with Crippen LogP contribution in [0.4, 0.5) is 4.39 Å². The number of halogens is 1. The zero-order valence-electron chi connectivity index (χ0n) is 12.3. The number of benzene rings is 1. The molecule has 0 unspecified atom stereocenters. The van der Waals surface area contributed by atoms with Crippen LogP contribution in [0.15, 0.2) is 30.5 Å². The summed E-state index contributed by atoms with van der Waals surface area (Å²) in [4.78, 5) is 17.0. The first-order valence-electron chi connectivity index (χ1n) is 7.31. The fourth-order valence-electron chi connectivity index (χ4n) is 2.84. The highest BCUT2D eigenvalue weighted by Gasteiger charge is 2.21. The third-order valence-corrected chi connectivity index (χ3v) is 4.00. The molecular weight excluding hydrogens is 267 g/mol. The lowest BCUT2D eigenvalue weighted by molar-refractivity contribution is -0.134. The number of aromatic nitrogens is 1. The first-order valence-corrected chi connectivity index (χ1v) is 7.31. The van der Waals surface area contributed by atoms with Crippen LogP contribution in [-0.2, 0) is 4.79 Å². The molecule has 21 heavy (non-hydrogen) atoms. The van der Waals surface area contributed by atoms with Crippen LogP contribution in [0.3, 0.4) is 0 Å². The molecule has 0 bridgehead atoms. The Kier molecular flexibility index (Phi) is 3.53. The fraction of sp³-hybridized carbons (Fsp3) is 0.353. The van der Waals surface area contributed by atoms with Crippen molar-refractivity contribution in [2.75, 3.05) is 13.1 Å². The summed E-state index contributed by atoms with van der Waals surface area (Å²) >= 11 is 0. The lowest BCUT2D eigenvalue weighted by Gasteiger charge is -2.28. The molecule has 4 heteroatoms. The van der Waals surface area contributed by atoms with Gasteiger partial charge in [0.05, 0.1) is 0 Å². The quantitative estimate of drug-likeness (QED) is 0.900. The highest BCUT2D eigenvalue weighted by atomic mass is 19.1. The lowest BCUT2D eigenvalue weighted by atomic mass is 9.98. The average molecular weight is 286 g/mol. The Labute approximate surface area is 123 Å². The van der Waals surface area contributed by atoms with Crippen LogP contribution >= 0.6 is 0 Å². The Morgan fingerprint density at radius 1 is 1.38 bits per heavy atom. The summed E-state index contributed by atoms with van der Waals surface area (Å²) in [5.41, 5.74) is 3.16. The minimum absolute atomic E-state index is 0.0298. The number of fused-ring (bicyclic) bond motifs is 1. The molecule has 2 heterocycles. The van der Waals surface area contributed by atoms with E-state index in [9.17, 15) is 9.18 Å². The molecule has 3 rings (SSSR count). The highest BCUT2D eigenvalue weighted by Crippen LogP contribution is 2.30. The number of carbonyl (C=O) groups excluding carboxylic acids is 1. The SMILES string of the molecule is CC(C)C(=O)N1CC=C(c2c[nH]c3ccc(F)cc23)CC1. The summed E-state index contributed by atoms with van der Waals surface area (Å²) in [5.74, 6) is -0.00576. The van der Waals surface area contributed by atoms with Crippen molar-refractivity contribution in [1.82, 2.24) is 9.88 Å². The standard InChI is InChI=1S/C17H19FN2O/c1-11(2)17(21)20-7-5-12(6-8-20)15-10-19-16-4-3-13(18)9-14(15)16/h3-5,9-11,19H,6-8H2,1-2H3. The summed E-state index contributed by atoms with van der Waals surface area (Å²) in [6, 6.07) is 4.78. The van der Waals surface area contributed by atoms with Crippen LogP contribution in [0.2, 0.25) is 0 Å². The van der Waals surface area contributed by atoms with E-state index in [4.69, 9.17) is 0 Å². The maximum atomic E-state index is 13.4. The minimum Gasteiger partial charge on any atom is -0.361 e. The van der Waals surface area contributed by atoms with Gasteiger partial charge in [-0.2, -0.15) is 0 Å². The second kappa shape index (κ2) is 5.35. The molecule has 0 aliphatic carbocycles. The van der Waals surface area contributed by atoms with Crippen LogP contribution in [0, 0.1) is 11.7 Å². The Hall–Kier alpha value is -2.10. The Morgan fingerprint density at radius 3 is 2.86 bits per heavy atom. The van der Waals surface area contributed by atoms with Gasteiger partial charge in [0.2, 0.25) is 5.91 Å². The van der Waals surface area contributed by atoms with Crippen LogP contribution in [0.1, 0.15) is 25.8 Å². The summed E-state index contributed by atoms with van der Waals surface area (Å²) in [6.45, 7) is 5.20.